The van der Waals surface area contributed by atoms with Crippen molar-refractivity contribution in [1.29, 1.82) is 0 Å². The molecule has 7 heteroatoms. The number of methoxy groups -OCH3 is 1. The predicted molar refractivity (Wildman–Crippen MR) is 80.6 cm³/mol. The van der Waals surface area contributed by atoms with Crippen molar-refractivity contribution in [3.05, 3.63) is 24.0 Å². The molecule has 0 aliphatic heterocycles. The molecule has 2 N–H and O–H groups in total. The first-order valence-corrected chi connectivity index (χ1v) is 7.01. The number of halogens is 1. The van der Waals surface area contributed by atoms with E-state index in [2.05, 4.69) is 4.98 Å². The van der Waals surface area contributed by atoms with E-state index in [4.69, 9.17) is 26.8 Å². The fourth-order valence-electron chi connectivity index (χ4n) is 2.12. The van der Waals surface area contributed by atoms with Gasteiger partial charge in [-0.15, -0.1) is 11.6 Å². The molecule has 2 aromatic rings. The first-order valence-electron chi connectivity index (χ1n) is 6.57. The van der Waals surface area contributed by atoms with Gasteiger partial charge < -0.3 is 19.8 Å². The van der Waals surface area contributed by atoms with Gasteiger partial charge in [0.2, 0.25) is 5.91 Å². The van der Waals surface area contributed by atoms with E-state index in [1.54, 1.807) is 7.11 Å². The van der Waals surface area contributed by atoms with Gasteiger partial charge in [0, 0.05) is 12.6 Å². The maximum absolute atomic E-state index is 10.7. The minimum Gasteiger partial charge on any atom is -0.497 e. The van der Waals surface area contributed by atoms with E-state index < -0.39 is 5.91 Å². The molecule has 1 aromatic carbocycles. The second-order valence-electron chi connectivity index (χ2n) is 4.61. The molecule has 0 spiro atoms. The van der Waals surface area contributed by atoms with Crippen LogP contribution in [0.4, 0.5) is 0 Å². The smallest absolute Gasteiger partial charge is 0.243 e. The molecule has 0 aliphatic carbocycles. The number of rotatable bonds is 7. The molecule has 0 aliphatic rings. The number of hydrogen-bond acceptors (Lipinski definition) is 4. The first kappa shape index (κ1) is 15.6. The third kappa shape index (κ3) is 3.65. The normalized spacial score (nSPS) is 12.5. The standard InChI is InChI=1S/C14H18ClN3O3/c1-9(15)14-17-11-4-3-10(20-2)7-12(11)18(14)5-6-21-8-13(16)19/h3-4,7,9H,5-6,8H2,1-2H3,(H2,16,19). The van der Waals surface area contributed by atoms with E-state index >= 15 is 0 Å². The number of aromatic nitrogens is 2. The summed E-state index contributed by atoms with van der Waals surface area (Å²) in [7, 11) is 1.61. The largest absolute Gasteiger partial charge is 0.497 e. The van der Waals surface area contributed by atoms with Crippen molar-refractivity contribution in [3.63, 3.8) is 0 Å². The summed E-state index contributed by atoms with van der Waals surface area (Å²) in [6.45, 7) is 2.65. The van der Waals surface area contributed by atoms with Gasteiger partial charge in [0.1, 0.15) is 18.2 Å². The van der Waals surface area contributed by atoms with Crippen molar-refractivity contribution >= 4 is 28.5 Å². The number of hydrogen-bond donors (Lipinski definition) is 1. The average Bonchev–Trinajstić information content (AvgIpc) is 2.81. The number of benzene rings is 1. The van der Waals surface area contributed by atoms with Gasteiger partial charge in [-0.2, -0.15) is 0 Å². The van der Waals surface area contributed by atoms with E-state index in [0.29, 0.717) is 13.2 Å². The molecule has 0 saturated carbocycles. The summed E-state index contributed by atoms with van der Waals surface area (Å²) in [4.78, 5) is 15.2. The maximum Gasteiger partial charge on any atom is 0.243 e. The highest BCUT2D eigenvalue weighted by Crippen LogP contribution is 2.27. The van der Waals surface area contributed by atoms with E-state index in [0.717, 1.165) is 22.6 Å². The lowest BCUT2D eigenvalue weighted by Crippen LogP contribution is -2.20. The van der Waals surface area contributed by atoms with Crippen molar-refractivity contribution in [2.45, 2.75) is 18.8 Å². The number of alkyl halides is 1. The summed E-state index contributed by atoms with van der Waals surface area (Å²) < 4.78 is 12.4. The van der Waals surface area contributed by atoms with E-state index in [-0.39, 0.29) is 12.0 Å². The molecule has 21 heavy (non-hydrogen) atoms. The Kier molecular flexibility index (Phi) is 5.03. The molecule has 1 amide bonds. The zero-order valence-corrected chi connectivity index (χ0v) is 12.8. The molecular weight excluding hydrogens is 294 g/mol. The minimum atomic E-state index is -0.488. The van der Waals surface area contributed by atoms with Crippen molar-refractivity contribution in [2.75, 3.05) is 20.3 Å². The molecule has 1 aromatic heterocycles. The van der Waals surface area contributed by atoms with Crippen LogP contribution in [0, 0.1) is 0 Å². The Morgan fingerprint density at radius 3 is 2.90 bits per heavy atom. The highest BCUT2D eigenvalue weighted by atomic mass is 35.5. The number of primary amides is 1. The molecule has 1 unspecified atom stereocenters. The average molecular weight is 312 g/mol. The maximum atomic E-state index is 10.7. The summed E-state index contributed by atoms with van der Waals surface area (Å²) in [6, 6.07) is 5.64. The van der Waals surface area contributed by atoms with Crippen LogP contribution in [0.1, 0.15) is 18.1 Å². The fraction of sp³-hybridized carbons (Fsp3) is 0.429. The number of ether oxygens (including phenoxy) is 2. The van der Waals surface area contributed by atoms with E-state index in [1.165, 1.54) is 0 Å². The number of amides is 1. The Balaban J connectivity index is 2.28. The molecule has 0 bridgehead atoms. The van der Waals surface area contributed by atoms with Gasteiger partial charge in [-0.1, -0.05) is 0 Å². The molecule has 114 valence electrons. The van der Waals surface area contributed by atoms with Crippen LogP contribution in [0.15, 0.2) is 18.2 Å². The summed E-state index contributed by atoms with van der Waals surface area (Å²) in [6.07, 6.45) is 0. The first-order chi connectivity index (χ1) is 10.0. The second kappa shape index (κ2) is 6.78. The zero-order chi connectivity index (χ0) is 15.4. The third-order valence-electron chi connectivity index (χ3n) is 3.04. The van der Waals surface area contributed by atoms with Crippen LogP contribution in [0.5, 0.6) is 5.75 Å². The highest BCUT2D eigenvalue weighted by Gasteiger charge is 2.15. The Labute approximate surface area is 127 Å². The Morgan fingerprint density at radius 2 is 2.29 bits per heavy atom. The van der Waals surface area contributed by atoms with Crippen LogP contribution in [-0.2, 0) is 16.1 Å². The zero-order valence-electron chi connectivity index (χ0n) is 12.0. The molecule has 2 rings (SSSR count). The van der Waals surface area contributed by atoms with Crippen LogP contribution in [0.3, 0.4) is 0 Å². The number of carbonyl (C=O) groups excluding carboxylic acids is 1. The monoisotopic (exact) mass is 311 g/mol. The fourth-order valence-corrected chi connectivity index (χ4v) is 2.28. The van der Waals surface area contributed by atoms with Crippen molar-refractivity contribution in [1.82, 2.24) is 9.55 Å². The number of nitrogens with two attached hydrogens (primary N) is 1. The minimum absolute atomic E-state index is 0.0955. The van der Waals surface area contributed by atoms with Gasteiger partial charge in [-0.05, 0) is 19.1 Å². The Hall–Kier alpha value is -1.79. The predicted octanol–water partition coefficient (Wildman–Crippen LogP) is 1.85. The van der Waals surface area contributed by atoms with E-state index in [9.17, 15) is 4.79 Å². The van der Waals surface area contributed by atoms with Gasteiger partial charge in [-0.3, -0.25) is 4.79 Å². The van der Waals surface area contributed by atoms with Crippen LogP contribution in [0.25, 0.3) is 11.0 Å². The molecule has 0 radical (unpaired) electrons. The van der Waals surface area contributed by atoms with E-state index in [1.807, 2.05) is 29.7 Å². The topological polar surface area (TPSA) is 79.4 Å². The van der Waals surface area contributed by atoms with Crippen molar-refractivity contribution in [3.8, 4) is 5.75 Å². The summed E-state index contributed by atoms with van der Waals surface area (Å²) in [5, 5.41) is -0.237. The molecule has 0 saturated heterocycles. The molecular formula is C14H18ClN3O3. The van der Waals surface area contributed by atoms with Crippen LogP contribution in [0.2, 0.25) is 0 Å². The Bertz CT molecular complexity index is 640. The summed E-state index contributed by atoms with van der Waals surface area (Å²) >= 11 is 6.19. The van der Waals surface area contributed by atoms with Crippen molar-refractivity contribution < 1.29 is 14.3 Å². The summed E-state index contributed by atoms with van der Waals surface area (Å²) in [5.74, 6) is 1.01. The number of nitrogens with zero attached hydrogens (tertiary/aromatic N) is 2. The summed E-state index contributed by atoms with van der Waals surface area (Å²) in [5.41, 5.74) is 6.79. The van der Waals surface area contributed by atoms with Crippen molar-refractivity contribution in [2.24, 2.45) is 5.73 Å². The molecule has 0 fully saturated rings. The van der Waals surface area contributed by atoms with Crippen LogP contribution >= 0.6 is 11.6 Å². The second-order valence-corrected chi connectivity index (χ2v) is 5.27. The lowest BCUT2D eigenvalue weighted by molar-refractivity contribution is -0.122. The number of fused-ring (bicyclic) bond motifs is 1. The lowest BCUT2D eigenvalue weighted by atomic mass is 10.3. The SMILES string of the molecule is COc1ccc2nc(C(C)Cl)n(CCOCC(N)=O)c2c1. The van der Waals surface area contributed by atoms with Gasteiger partial charge in [0.15, 0.2) is 0 Å². The molecule has 1 atom stereocenters. The third-order valence-corrected chi connectivity index (χ3v) is 3.24. The Morgan fingerprint density at radius 1 is 1.52 bits per heavy atom. The molecule has 6 nitrogen and oxygen atoms in total. The highest BCUT2D eigenvalue weighted by molar-refractivity contribution is 6.20. The van der Waals surface area contributed by atoms with Crippen LogP contribution < -0.4 is 10.5 Å². The quantitative estimate of drug-likeness (QED) is 0.625. The lowest BCUT2D eigenvalue weighted by Gasteiger charge is -2.11. The number of carbonyl (C=O) groups is 1. The number of imidazole rings is 1. The van der Waals surface area contributed by atoms with Gasteiger partial charge in [0.05, 0.1) is 30.1 Å². The van der Waals surface area contributed by atoms with Gasteiger partial charge in [0.25, 0.3) is 0 Å². The van der Waals surface area contributed by atoms with Gasteiger partial charge in [-0.25, -0.2) is 4.98 Å². The van der Waals surface area contributed by atoms with Crippen LogP contribution in [-0.4, -0.2) is 35.8 Å². The molecule has 1 heterocycles. The van der Waals surface area contributed by atoms with Gasteiger partial charge >= 0.3 is 0 Å².